The Balaban J connectivity index is 1.86. The van der Waals surface area contributed by atoms with Crippen LogP contribution in [-0.2, 0) is 17.8 Å². The van der Waals surface area contributed by atoms with Gasteiger partial charge in [0.1, 0.15) is 11.2 Å². The van der Waals surface area contributed by atoms with Gasteiger partial charge in [-0.15, -0.1) is 21.5 Å². The lowest BCUT2D eigenvalue weighted by Crippen LogP contribution is -2.31. The lowest BCUT2D eigenvalue weighted by molar-refractivity contribution is -0.0379. The van der Waals surface area contributed by atoms with Crippen molar-refractivity contribution >= 4 is 44.7 Å². The van der Waals surface area contributed by atoms with Crippen molar-refractivity contribution in [1.29, 1.82) is 0 Å². The maximum absolute atomic E-state index is 6.03. The summed E-state index contributed by atoms with van der Waals surface area (Å²) < 4.78 is 9.91. The highest BCUT2D eigenvalue weighted by atomic mass is 32.2. The summed E-state index contributed by atoms with van der Waals surface area (Å²) in [5.74, 6) is 1.49. The molecule has 0 aliphatic carbocycles. The van der Waals surface area contributed by atoms with E-state index in [0.29, 0.717) is 12.4 Å². The molecule has 0 atom stereocenters. The molecule has 0 N–H and O–H groups in total. The Labute approximate surface area is 158 Å². The van der Waals surface area contributed by atoms with E-state index >= 15 is 0 Å². The largest absolute Gasteiger partial charge is 0.370 e. The fraction of sp³-hybridized carbons (Fsp3) is 0.412. The van der Waals surface area contributed by atoms with Gasteiger partial charge >= 0.3 is 0 Å². The Morgan fingerprint density at radius 1 is 1.42 bits per heavy atom. The SMILES string of the molecule is C=C(C)CSc1nnc2n3ncnc3c3c4c(sc3n12)COC(C)(C)C4. The smallest absolute Gasteiger partial charge is 0.260 e. The van der Waals surface area contributed by atoms with Gasteiger partial charge in [0.15, 0.2) is 10.8 Å². The molecule has 1 aliphatic rings. The van der Waals surface area contributed by atoms with Gasteiger partial charge in [0, 0.05) is 17.1 Å². The van der Waals surface area contributed by atoms with E-state index in [1.807, 2.05) is 6.92 Å². The molecule has 9 heteroatoms. The molecular formula is C17H18N6OS2. The predicted molar refractivity (Wildman–Crippen MR) is 103 cm³/mol. The highest BCUT2D eigenvalue weighted by Gasteiger charge is 2.32. The van der Waals surface area contributed by atoms with Crippen molar-refractivity contribution in [3.63, 3.8) is 0 Å². The Bertz CT molecular complexity index is 1180. The Morgan fingerprint density at radius 3 is 3.08 bits per heavy atom. The van der Waals surface area contributed by atoms with E-state index in [1.54, 1.807) is 33.9 Å². The molecule has 5 rings (SSSR count). The molecule has 0 fully saturated rings. The van der Waals surface area contributed by atoms with Crippen molar-refractivity contribution in [2.45, 2.75) is 44.6 Å². The van der Waals surface area contributed by atoms with E-state index in [4.69, 9.17) is 4.74 Å². The van der Waals surface area contributed by atoms with Gasteiger partial charge in [0.2, 0.25) is 0 Å². The fourth-order valence-electron chi connectivity index (χ4n) is 3.34. The zero-order valence-electron chi connectivity index (χ0n) is 14.8. The summed E-state index contributed by atoms with van der Waals surface area (Å²) in [6.07, 6.45) is 2.44. The highest BCUT2D eigenvalue weighted by molar-refractivity contribution is 7.99. The van der Waals surface area contributed by atoms with Gasteiger partial charge in [-0.3, -0.25) is 0 Å². The molecule has 0 unspecified atom stereocenters. The van der Waals surface area contributed by atoms with Gasteiger partial charge in [-0.2, -0.15) is 9.61 Å². The number of aromatic nitrogens is 6. The van der Waals surface area contributed by atoms with E-state index < -0.39 is 0 Å². The van der Waals surface area contributed by atoms with E-state index in [0.717, 1.165) is 38.8 Å². The average molecular weight is 387 g/mol. The maximum atomic E-state index is 6.03. The minimum Gasteiger partial charge on any atom is -0.370 e. The quantitative estimate of drug-likeness (QED) is 0.396. The number of nitrogens with zero attached hydrogens (tertiary/aromatic N) is 6. The van der Waals surface area contributed by atoms with Gasteiger partial charge in [-0.05, 0) is 26.3 Å². The number of thioether (sulfide) groups is 1. The highest BCUT2D eigenvalue weighted by Crippen LogP contribution is 2.41. The van der Waals surface area contributed by atoms with Gasteiger partial charge in [0.05, 0.1) is 17.6 Å². The maximum Gasteiger partial charge on any atom is 0.260 e. The summed E-state index contributed by atoms with van der Waals surface area (Å²) in [6, 6.07) is 0. The summed E-state index contributed by atoms with van der Waals surface area (Å²) in [5, 5.41) is 15.2. The van der Waals surface area contributed by atoms with Gasteiger partial charge in [-0.1, -0.05) is 23.9 Å². The first-order chi connectivity index (χ1) is 12.4. The third kappa shape index (κ3) is 2.30. The molecule has 4 aromatic heterocycles. The molecule has 26 heavy (non-hydrogen) atoms. The average Bonchev–Trinajstić information content (AvgIpc) is 3.27. The van der Waals surface area contributed by atoms with Crippen LogP contribution in [0.15, 0.2) is 23.6 Å². The summed E-state index contributed by atoms with van der Waals surface area (Å²) in [6.45, 7) is 10.9. The van der Waals surface area contributed by atoms with E-state index in [-0.39, 0.29) is 5.60 Å². The van der Waals surface area contributed by atoms with E-state index in [9.17, 15) is 0 Å². The fourth-order valence-corrected chi connectivity index (χ4v) is 5.40. The molecule has 5 heterocycles. The Kier molecular flexibility index (Phi) is 3.44. The second kappa shape index (κ2) is 5.51. The van der Waals surface area contributed by atoms with E-state index in [1.165, 1.54) is 10.4 Å². The minimum absolute atomic E-state index is 0.183. The van der Waals surface area contributed by atoms with Gasteiger partial charge in [-0.25, -0.2) is 9.38 Å². The standard InChI is InChI=1S/C17H18N6OS2/c1-9(2)7-25-16-21-20-15-22(16)14-12(13-18-8-19-23(13)15)10-5-17(3,4)24-6-11(10)26-14/h8H,1,5-7H2,2-4H3. The van der Waals surface area contributed by atoms with Crippen LogP contribution >= 0.6 is 23.1 Å². The van der Waals surface area contributed by atoms with Crippen LogP contribution in [0.5, 0.6) is 0 Å². The monoisotopic (exact) mass is 386 g/mol. The van der Waals surface area contributed by atoms with Crippen molar-refractivity contribution in [3.8, 4) is 0 Å². The van der Waals surface area contributed by atoms with Crippen LogP contribution in [0.25, 0.3) is 21.6 Å². The number of hydrogen-bond acceptors (Lipinski definition) is 7. The number of rotatable bonds is 3. The number of fused-ring (bicyclic) bond motifs is 8. The van der Waals surface area contributed by atoms with Crippen molar-refractivity contribution in [2.75, 3.05) is 5.75 Å². The van der Waals surface area contributed by atoms with Crippen LogP contribution in [0.1, 0.15) is 31.2 Å². The summed E-state index contributed by atoms with van der Waals surface area (Å²) in [5.41, 5.74) is 3.07. The van der Waals surface area contributed by atoms with Crippen LogP contribution in [0.3, 0.4) is 0 Å². The molecule has 0 spiro atoms. The first-order valence-electron chi connectivity index (χ1n) is 8.37. The number of hydrogen-bond donors (Lipinski definition) is 0. The molecule has 7 nitrogen and oxygen atoms in total. The molecule has 0 saturated heterocycles. The molecule has 0 radical (unpaired) electrons. The van der Waals surface area contributed by atoms with Crippen LogP contribution < -0.4 is 0 Å². The first-order valence-corrected chi connectivity index (χ1v) is 10.2. The molecule has 134 valence electrons. The van der Waals surface area contributed by atoms with Crippen molar-refractivity contribution in [3.05, 3.63) is 28.9 Å². The minimum atomic E-state index is -0.183. The number of thiophene rings is 1. The van der Waals surface area contributed by atoms with Gasteiger partial charge < -0.3 is 4.74 Å². The first kappa shape index (κ1) is 16.2. The van der Waals surface area contributed by atoms with Crippen LogP contribution in [0.2, 0.25) is 0 Å². The summed E-state index contributed by atoms with van der Waals surface area (Å²) in [4.78, 5) is 6.89. The molecule has 0 amide bonds. The topological polar surface area (TPSA) is 69.6 Å². The Morgan fingerprint density at radius 2 is 2.27 bits per heavy atom. The van der Waals surface area contributed by atoms with E-state index in [2.05, 4.69) is 45.1 Å². The normalized spacial score (nSPS) is 16.6. The molecule has 0 saturated carbocycles. The zero-order chi connectivity index (χ0) is 18.1. The molecule has 1 aliphatic heterocycles. The van der Waals surface area contributed by atoms with Gasteiger partial charge in [0.25, 0.3) is 5.78 Å². The molecule has 0 aromatic carbocycles. The van der Waals surface area contributed by atoms with Crippen LogP contribution in [-0.4, -0.2) is 40.6 Å². The summed E-state index contributed by atoms with van der Waals surface area (Å²) in [7, 11) is 0. The second-order valence-corrected chi connectivity index (χ2v) is 9.29. The lowest BCUT2D eigenvalue weighted by atomic mass is 9.94. The second-order valence-electron chi connectivity index (χ2n) is 7.27. The summed E-state index contributed by atoms with van der Waals surface area (Å²) >= 11 is 3.38. The van der Waals surface area contributed by atoms with Crippen molar-refractivity contribution < 1.29 is 4.74 Å². The third-order valence-corrected chi connectivity index (χ3v) is 6.85. The molecule has 0 bridgehead atoms. The molecular weight excluding hydrogens is 368 g/mol. The molecule has 4 aromatic rings. The van der Waals surface area contributed by atoms with Crippen molar-refractivity contribution in [1.82, 2.24) is 29.2 Å². The van der Waals surface area contributed by atoms with Crippen molar-refractivity contribution in [2.24, 2.45) is 0 Å². The lowest BCUT2D eigenvalue weighted by Gasteiger charge is -2.30. The third-order valence-electron chi connectivity index (χ3n) is 4.50. The van der Waals surface area contributed by atoms with Crippen LogP contribution in [0.4, 0.5) is 0 Å². The number of ether oxygens (including phenoxy) is 1. The predicted octanol–water partition coefficient (Wildman–Crippen LogP) is 3.51. The Hall–Kier alpha value is -1.97. The zero-order valence-corrected chi connectivity index (χ0v) is 16.4. The van der Waals surface area contributed by atoms with Crippen LogP contribution in [0, 0.1) is 0 Å².